The Morgan fingerprint density at radius 1 is 0.963 bits per heavy atom. The molecule has 0 spiro atoms. The number of rotatable bonds is 5. The summed E-state index contributed by atoms with van der Waals surface area (Å²) < 4.78 is 13.2. The number of nitrogens with zero attached hydrogens (tertiary/aromatic N) is 1. The summed E-state index contributed by atoms with van der Waals surface area (Å²) in [5, 5.41) is 8.72. The lowest BCUT2D eigenvalue weighted by molar-refractivity contribution is 0.0953. The fourth-order valence-electron chi connectivity index (χ4n) is 2.32. The first-order valence-corrected chi connectivity index (χ1v) is 8.96. The topological polar surface area (TPSA) is 70.6 Å². The van der Waals surface area contributed by atoms with Gasteiger partial charge in [-0.25, -0.2) is 9.82 Å². The third kappa shape index (κ3) is 4.86. The van der Waals surface area contributed by atoms with Crippen molar-refractivity contribution in [3.63, 3.8) is 0 Å². The van der Waals surface area contributed by atoms with E-state index >= 15 is 0 Å². The predicted molar refractivity (Wildman–Crippen MR) is 105 cm³/mol. The van der Waals surface area contributed by atoms with Gasteiger partial charge in [-0.1, -0.05) is 24.3 Å². The van der Waals surface area contributed by atoms with E-state index in [2.05, 4.69) is 15.8 Å². The first-order chi connectivity index (χ1) is 13.0. The van der Waals surface area contributed by atoms with Gasteiger partial charge in [-0.15, -0.1) is 11.3 Å². The standard InChI is InChI=1S/C20H16FN3O2S/c1-13(23-24-19(25)15-6-2-7-16(21)11-15)14-5-3-8-17(12-14)22-20(26)18-9-4-10-27-18/h2-12H,1H3,(H,22,26)(H,24,25)/b23-13-. The Hall–Kier alpha value is -3.32. The third-order valence-electron chi connectivity index (χ3n) is 3.70. The van der Waals surface area contributed by atoms with Crippen molar-refractivity contribution in [3.05, 3.63) is 87.9 Å². The Morgan fingerprint density at radius 2 is 1.74 bits per heavy atom. The minimum atomic E-state index is -0.504. The fraction of sp³-hybridized carbons (Fsp3) is 0.0500. The van der Waals surface area contributed by atoms with E-state index in [1.807, 2.05) is 17.5 Å². The summed E-state index contributed by atoms with van der Waals surface area (Å²) >= 11 is 1.36. The number of carbonyl (C=O) groups excluding carboxylic acids is 2. The number of halogens is 1. The van der Waals surface area contributed by atoms with Gasteiger partial charge in [-0.05, 0) is 54.3 Å². The van der Waals surface area contributed by atoms with Crippen LogP contribution in [0.25, 0.3) is 0 Å². The summed E-state index contributed by atoms with van der Waals surface area (Å²) in [7, 11) is 0. The van der Waals surface area contributed by atoms with Crippen molar-refractivity contribution in [2.24, 2.45) is 5.10 Å². The van der Waals surface area contributed by atoms with Gasteiger partial charge in [0.25, 0.3) is 11.8 Å². The van der Waals surface area contributed by atoms with E-state index in [9.17, 15) is 14.0 Å². The molecule has 0 fully saturated rings. The van der Waals surface area contributed by atoms with Gasteiger partial charge in [0.2, 0.25) is 0 Å². The molecule has 1 heterocycles. The highest BCUT2D eigenvalue weighted by Crippen LogP contribution is 2.15. The number of hydrogen-bond acceptors (Lipinski definition) is 4. The van der Waals surface area contributed by atoms with Crippen LogP contribution in [-0.4, -0.2) is 17.5 Å². The Bertz CT molecular complexity index is 1000. The minimum absolute atomic E-state index is 0.184. The number of benzene rings is 2. The van der Waals surface area contributed by atoms with Gasteiger partial charge < -0.3 is 5.32 Å². The molecule has 0 aliphatic carbocycles. The van der Waals surface area contributed by atoms with Crippen molar-refractivity contribution in [1.29, 1.82) is 0 Å². The molecule has 0 bridgehead atoms. The molecule has 1 aromatic heterocycles. The molecule has 3 aromatic rings. The summed E-state index contributed by atoms with van der Waals surface area (Å²) in [5.41, 5.74) is 4.49. The first kappa shape index (κ1) is 18.5. The molecule has 27 heavy (non-hydrogen) atoms. The van der Waals surface area contributed by atoms with Crippen LogP contribution < -0.4 is 10.7 Å². The first-order valence-electron chi connectivity index (χ1n) is 8.08. The zero-order valence-electron chi connectivity index (χ0n) is 14.4. The highest BCUT2D eigenvalue weighted by molar-refractivity contribution is 7.12. The molecule has 2 amide bonds. The number of hydrazone groups is 1. The van der Waals surface area contributed by atoms with E-state index in [1.54, 1.807) is 31.2 Å². The molecule has 136 valence electrons. The van der Waals surface area contributed by atoms with E-state index in [1.165, 1.54) is 29.5 Å². The van der Waals surface area contributed by atoms with Gasteiger partial charge in [0.1, 0.15) is 5.82 Å². The van der Waals surface area contributed by atoms with E-state index in [4.69, 9.17) is 0 Å². The maximum Gasteiger partial charge on any atom is 0.271 e. The normalized spacial score (nSPS) is 11.1. The number of hydrogen-bond donors (Lipinski definition) is 2. The third-order valence-corrected chi connectivity index (χ3v) is 4.56. The van der Waals surface area contributed by atoms with Gasteiger partial charge in [0, 0.05) is 11.3 Å². The lowest BCUT2D eigenvalue weighted by atomic mass is 10.1. The molecular weight excluding hydrogens is 365 g/mol. The average Bonchev–Trinajstić information content (AvgIpc) is 3.21. The number of thiophene rings is 1. The van der Waals surface area contributed by atoms with Crippen molar-refractivity contribution >= 4 is 34.6 Å². The molecule has 0 aliphatic rings. The van der Waals surface area contributed by atoms with E-state index < -0.39 is 11.7 Å². The van der Waals surface area contributed by atoms with Crippen LogP contribution in [0.5, 0.6) is 0 Å². The van der Waals surface area contributed by atoms with Crippen LogP contribution in [0, 0.1) is 5.82 Å². The number of carbonyl (C=O) groups is 2. The molecule has 0 atom stereocenters. The quantitative estimate of drug-likeness (QED) is 0.511. The van der Waals surface area contributed by atoms with Gasteiger partial charge in [-0.2, -0.15) is 5.10 Å². The molecule has 0 saturated carbocycles. The molecule has 0 radical (unpaired) electrons. The number of amides is 2. The highest BCUT2D eigenvalue weighted by Gasteiger charge is 2.09. The molecular formula is C20H16FN3O2S. The lowest BCUT2D eigenvalue weighted by Gasteiger charge is -2.07. The van der Waals surface area contributed by atoms with E-state index in [-0.39, 0.29) is 11.5 Å². The number of nitrogens with one attached hydrogen (secondary N) is 2. The average molecular weight is 381 g/mol. The summed E-state index contributed by atoms with van der Waals surface area (Å²) in [4.78, 5) is 24.8. The van der Waals surface area contributed by atoms with Crippen molar-refractivity contribution in [2.45, 2.75) is 6.92 Å². The molecule has 3 rings (SSSR count). The van der Waals surface area contributed by atoms with Crippen LogP contribution in [-0.2, 0) is 0 Å². The van der Waals surface area contributed by atoms with Gasteiger partial charge in [0.05, 0.1) is 10.6 Å². The van der Waals surface area contributed by atoms with Gasteiger partial charge in [-0.3, -0.25) is 9.59 Å². The molecule has 5 nitrogen and oxygen atoms in total. The largest absolute Gasteiger partial charge is 0.321 e. The van der Waals surface area contributed by atoms with Crippen LogP contribution in [0.2, 0.25) is 0 Å². The highest BCUT2D eigenvalue weighted by atomic mass is 32.1. The van der Waals surface area contributed by atoms with Crippen molar-refractivity contribution in [1.82, 2.24) is 5.43 Å². The Labute approximate surface area is 159 Å². The van der Waals surface area contributed by atoms with E-state index in [0.717, 1.165) is 11.6 Å². The van der Waals surface area contributed by atoms with Crippen molar-refractivity contribution in [3.8, 4) is 0 Å². The van der Waals surface area contributed by atoms with Crippen LogP contribution in [0.4, 0.5) is 10.1 Å². The van der Waals surface area contributed by atoms with Crippen LogP contribution in [0.1, 0.15) is 32.5 Å². The Balaban J connectivity index is 1.69. The second-order valence-corrected chi connectivity index (χ2v) is 6.61. The lowest BCUT2D eigenvalue weighted by Crippen LogP contribution is -2.19. The predicted octanol–water partition coefficient (Wildman–Crippen LogP) is 4.29. The number of anilines is 1. The molecule has 0 aliphatic heterocycles. The summed E-state index contributed by atoms with van der Waals surface area (Å²) in [6.45, 7) is 1.73. The second kappa shape index (κ2) is 8.37. The molecule has 0 unspecified atom stereocenters. The van der Waals surface area contributed by atoms with E-state index in [0.29, 0.717) is 16.3 Å². The zero-order valence-corrected chi connectivity index (χ0v) is 15.2. The second-order valence-electron chi connectivity index (χ2n) is 5.66. The summed E-state index contributed by atoms with van der Waals surface area (Å²) in [6.07, 6.45) is 0. The molecule has 0 saturated heterocycles. The summed E-state index contributed by atoms with van der Waals surface area (Å²) in [6, 6.07) is 16.1. The monoisotopic (exact) mass is 381 g/mol. The SMILES string of the molecule is C/C(=N/NC(=O)c1cccc(F)c1)c1cccc(NC(=O)c2cccs2)c1. The maximum absolute atomic E-state index is 13.2. The Kier molecular flexibility index (Phi) is 5.73. The fourth-order valence-corrected chi connectivity index (χ4v) is 2.93. The smallest absolute Gasteiger partial charge is 0.271 e. The maximum atomic E-state index is 13.2. The van der Waals surface area contributed by atoms with Gasteiger partial charge >= 0.3 is 0 Å². The molecule has 2 aromatic carbocycles. The zero-order chi connectivity index (χ0) is 19.2. The molecule has 7 heteroatoms. The van der Waals surface area contributed by atoms with Crippen molar-refractivity contribution in [2.75, 3.05) is 5.32 Å². The van der Waals surface area contributed by atoms with Crippen LogP contribution in [0.3, 0.4) is 0 Å². The minimum Gasteiger partial charge on any atom is -0.321 e. The van der Waals surface area contributed by atoms with Crippen LogP contribution >= 0.6 is 11.3 Å². The summed E-state index contributed by atoms with van der Waals surface area (Å²) in [5.74, 6) is -1.18. The van der Waals surface area contributed by atoms with Gasteiger partial charge in [0.15, 0.2) is 0 Å². The van der Waals surface area contributed by atoms with Crippen LogP contribution in [0.15, 0.2) is 71.1 Å². The molecule has 2 N–H and O–H groups in total. The Morgan fingerprint density at radius 3 is 2.48 bits per heavy atom. The van der Waals surface area contributed by atoms with Crippen molar-refractivity contribution < 1.29 is 14.0 Å².